The number of anilines is 2. The molecule has 1 aromatic heterocycles. The van der Waals surface area contributed by atoms with Crippen molar-refractivity contribution in [1.82, 2.24) is 9.97 Å². The van der Waals surface area contributed by atoms with Crippen LogP contribution in [0.4, 0.5) is 11.6 Å². The molecule has 0 amide bonds. The van der Waals surface area contributed by atoms with E-state index < -0.39 is 0 Å². The molecule has 0 aliphatic heterocycles. The minimum atomic E-state index is 0.726. The molecular formula is C14H26N4O. The summed E-state index contributed by atoms with van der Waals surface area (Å²) in [6.07, 6.45) is 0. The van der Waals surface area contributed by atoms with E-state index >= 15 is 0 Å². The molecule has 0 unspecified atom stereocenters. The van der Waals surface area contributed by atoms with Gasteiger partial charge in [-0.1, -0.05) is 0 Å². The Morgan fingerprint density at radius 2 is 1.89 bits per heavy atom. The third-order valence-corrected chi connectivity index (χ3v) is 2.97. The lowest BCUT2D eigenvalue weighted by atomic mass is 10.2. The summed E-state index contributed by atoms with van der Waals surface area (Å²) in [4.78, 5) is 11.3. The van der Waals surface area contributed by atoms with E-state index in [1.807, 2.05) is 13.8 Å². The molecule has 0 aliphatic rings. The third-order valence-electron chi connectivity index (χ3n) is 2.97. The van der Waals surface area contributed by atoms with E-state index in [-0.39, 0.29) is 0 Å². The van der Waals surface area contributed by atoms with Gasteiger partial charge in [0.05, 0.1) is 6.61 Å². The predicted octanol–water partition coefficient (Wildman–Crippen LogP) is 2.39. The molecule has 1 N–H and O–H groups in total. The molecule has 5 heteroatoms. The quantitative estimate of drug-likeness (QED) is 0.732. The number of aromatic nitrogens is 2. The molecule has 0 bridgehead atoms. The van der Waals surface area contributed by atoms with E-state index in [9.17, 15) is 0 Å². The van der Waals surface area contributed by atoms with Gasteiger partial charge in [-0.25, -0.2) is 9.97 Å². The van der Waals surface area contributed by atoms with Crippen LogP contribution >= 0.6 is 0 Å². The number of hydrogen-bond acceptors (Lipinski definition) is 5. The van der Waals surface area contributed by atoms with Crippen molar-refractivity contribution in [2.24, 2.45) is 0 Å². The van der Waals surface area contributed by atoms with Crippen LogP contribution in [0.5, 0.6) is 0 Å². The van der Waals surface area contributed by atoms with Gasteiger partial charge in [0.15, 0.2) is 0 Å². The van der Waals surface area contributed by atoms with E-state index in [2.05, 4.69) is 41.0 Å². The van der Waals surface area contributed by atoms with Gasteiger partial charge in [-0.2, -0.15) is 0 Å². The number of ether oxygens (including phenoxy) is 1. The molecule has 1 rings (SSSR count). The van der Waals surface area contributed by atoms with Gasteiger partial charge in [0, 0.05) is 31.8 Å². The Balaban J connectivity index is 2.95. The van der Waals surface area contributed by atoms with Crippen LogP contribution in [0.25, 0.3) is 0 Å². The molecule has 0 saturated heterocycles. The standard InChI is InChI=1S/C14H26N4O/c1-6-15-13-11(4)14(17-12(5)16-13)18(7-2)9-10-19-8-3/h6-10H2,1-5H3,(H,15,16,17). The van der Waals surface area contributed by atoms with Crippen LogP contribution < -0.4 is 10.2 Å². The van der Waals surface area contributed by atoms with E-state index in [0.29, 0.717) is 0 Å². The monoisotopic (exact) mass is 266 g/mol. The second-order valence-corrected chi connectivity index (χ2v) is 4.37. The molecular weight excluding hydrogens is 240 g/mol. The summed E-state index contributed by atoms with van der Waals surface area (Å²) in [5.74, 6) is 2.73. The number of rotatable bonds is 8. The summed E-state index contributed by atoms with van der Waals surface area (Å²) in [6.45, 7) is 14.3. The summed E-state index contributed by atoms with van der Waals surface area (Å²) >= 11 is 0. The molecule has 0 aliphatic carbocycles. The fraction of sp³-hybridized carbons (Fsp3) is 0.714. The van der Waals surface area contributed by atoms with Crippen molar-refractivity contribution >= 4 is 11.6 Å². The van der Waals surface area contributed by atoms with Crippen LogP contribution in [-0.4, -0.2) is 42.8 Å². The van der Waals surface area contributed by atoms with E-state index in [1.165, 1.54) is 0 Å². The number of likely N-dealkylation sites (N-methyl/N-ethyl adjacent to an activating group) is 1. The summed E-state index contributed by atoms with van der Waals surface area (Å²) in [6, 6.07) is 0. The molecule has 0 fully saturated rings. The van der Waals surface area contributed by atoms with Crippen molar-refractivity contribution in [2.45, 2.75) is 34.6 Å². The number of nitrogens with zero attached hydrogens (tertiary/aromatic N) is 3. The molecule has 1 heterocycles. The third kappa shape index (κ3) is 4.35. The largest absolute Gasteiger partial charge is 0.380 e. The Kier molecular flexibility index (Phi) is 6.56. The Labute approximate surface area is 116 Å². The first-order valence-electron chi connectivity index (χ1n) is 7.05. The van der Waals surface area contributed by atoms with E-state index in [4.69, 9.17) is 4.74 Å². The zero-order valence-electron chi connectivity index (χ0n) is 12.8. The number of aryl methyl sites for hydroxylation is 1. The molecule has 1 aromatic rings. The molecule has 0 saturated carbocycles. The normalized spacial score (nSPS) is 10.6. The van der Waals surface area contributed by atoms with Gasteiger partial charge < -0.3 is 15.0 Å². The molecule has 0 aromatic carbocycles. The van der Waals surface area contributed by atoms with Gasteiger partial charge >= 0.3 is 0 Å². The molecule has 0 spiro atoms. The first kappa shape index (κ1) is 15.7. The second kappa shape index (κ2) is 7.94. The first-order chi connectivity index (χ1) is 9.13. The van der Waals surface area contributed by atoms with Gasteiger partial charge in [-0.15, -0.1) is 0 Å². The lowest BCUT2D eigenvalue weighted by Gasteiger charge is -2.25. The highest BCUT2D eigenvalue weighted by Gasteiger charge is 2.14. The fourth-order valence-electron chi connectivity index (χ4n) is 1.99. The minimum Gasteiger partial charge on any atom is -0.380 e. The smallest absolute Gasteiger partial charge is 0.137 e. The summed E-state index contributed by atoms with van der Waals surface area (Å²) in [5.41, 5.74) is 1.10. The summed E-state index contributed by atoms with van der Waals surface area (Å²) in [5, 5.41) is 3.29. The maximum atomic E-state index is 5.43. The van der Waals surface area contributed by atoms with Crippen LogP contribution in [0, 0.1) is 13.8 Å². The van der Waals surface area contributed by atoms with Crippen LogP contribution in [0.2, 0.25) is 0 Å². The van der Waals surface area contributed by atoms with Gasteiger partial charge in [0.2, 0.25) is 0 Å². The van der Waals surface area contributed by atoms with Gasteiger partial charge in [0.25, 0.3) is 0 Å². The van der Waals surface area contributed by atoms with Crippen molar-refractivity contribution in [3.63, 3.8) is 0 Å². The molecule has 19 heavy (non-hydrogen) atoms. The average molecular weight is 266 g/mol. The van der Waals surface area contributed by atoms with Crippen LogP contribution in [0.15, 0.2) is 0 Å². The lowest BCUT2D eigenvalue weighted by Crippen LogP contribution is -2.29. The maximum absolute atomic E-state index is 5.43. The Morgan fingerprint density at radius 3 is 2.47 bits per heavy atom. The maximum Gasteiger partial charge on any atom is 0.137 e. The predicted molar refractivity (Wildman–Crippen MR) is 80.0 cm³/mol. The zero-order chi connectivity index (χ0) is 14.3. The average Bonchev–Trinajstić information content (AvgIpc) is 2.39. The molecule has 108 valence electrons. The summed E-state index contributed by atoms with van der Waals surface area (Å²) < 4.78 is 5.43. The number of hydrogen-bond donors (Lipinski definition) is 1. The molecule has 0 radical (unpaired) electrons. The second-order valence-electron chi connectivity index (χ2n) is 4.37. The van der Waals surface area contributed by atoms with Crippen molar-refractivity contribution in [2.75, 3.05) is 43.1 Å². The topological polar surface area (TPSA) is 50.3 Å². The lowest BCUT2D eigenvalue weighted by molar-refractivity contribution is 0.154. The highest BCUT2D eigenvalue weighted by molar-refractivity contribution is 5.58. The van der Waals surface area contributed by atoms with E-state index in [0.717, 1.165) is 55.9 Å². The van der Waals surface area contributed by atoms with Crippen molar-refractivity contribution < 1.29 is 4.74 Å². The van der Waals surface area contributed by atoms with Crippen molar-refractivity contribution in [1.29, 1.82) is 0 Å². The molecule has 5 nitrogen and oxygen atoms in total. The Morgan fingerprint density at radius 1 is 1.16 bits per heavy atom. The fourth-order valence-corrected chi connectivity index (χ4v) is 1.99. The SMILES string of the molecule is CCNc1nc(C)nc(N(CC)CCOCC)c1C. The van der Waals surface area contributed by atoms with Crippen LogP contribution in [-0.2, 0) is 4.74 Å². The van der Waals surface area contributed by atoms with Crippen LogP contribution in [0.1, 0.15) is 32.2 Å². The van der Waals surface area contributed by atoms with Crippen molar-refractivity contribution in [3.05, 3.63) is 11.4 Å². The van der Waals surface area contributed by atoms with Gasteiger partial charge in [-0.3, -0.25) is 0 Å². The van der Waals surface area contributed by atoms with E-state index in [1.54, 1.807) is 0 Å². The van der Waals surface area contributed by atoms with Gasteiger partial charge in [0.1, 0.15) is 17.5 Å². The summed E-state index contributed by atoms with van der Waals surface area (Å²) in [7, 11) is 0. The highest BCUT2D eigenvalue weighted by Crippen LogP contribution is 2.23. The zero-order valence-corrected chi connectivity index (χ0v) is 12.8. The Hall–Kier alpha value is -1.36. The minimum absolute atomic E-state index is 0.726. The first-order valence-corrected chi connectivity index (χ1v) is 7.05. The van der Waals surface area contributed by atoms with Crippen molar-refractivity contribution in [3.8, 4) is 0 Å². The van der Waals surface area contributed by atoms with Crippen LogP contribution in [0.3, 0.4) is 0 Å². The Bertz CT molecular complexity index is 395. The molecule has 0 atom stereocenters. The number of nitrogens with one attached hydrogen (secondary N) is 1. The van der Waals surface area contributed by atoms with Gasteiger partial charge in [-0.05, 0) is 34.6 Å². The highest BCUT2D eigenvalue weighted by atomic mass is 16.5.